The Balaban J connectivity index is 1.25. The molecule has 4 aliphatic carbocycles. The summed E-state index contributed by atoms with van der Waals surface area (Å²) in [6, 6.07) is 7.93. The molecule has 156 valence electrons. The van der Waals surface area contributed by atoms with Crippen molar-refractivity contribution >= 4 is 23.7 Å². The molecule has 2 heterocycles. The molecule has 2 aromatic rings. The Morgan fingerprint density at radius 2 is 1.77 bits per heavy atom. The van der Waals surface area contributed by atoms with Crippen LogP contribution in [0.1, 0.15) is 17.7 Å². The lowest BCUT2D eigenvalue weighted by atomic mass is 9.63. The summed E-state index contributed by atoms with van der Waals surface area (Å²) < 4.78 is 5.78. The summed E-state index contributed by atoms with van der Waals surface area (Å²) in [4.78, 5) is 36.5. The first-order valence-electron chi connectivity index (χ1n) is 10.4. The number of hydrogen-bond acceptors (Lipinski definition) is 6. The number of hydrogen-bond donors (Lipinski definition) is 0. The fourth-order valence-electron chi connectivity index (χ4n) is 5.73. The number of amides is 2. The van der Waals surface area contributed by atoms with Crippen LogP contribution >= 0.6 is 0 Å². The van der Waals surface area contributed by atoms with Crippen LogP contribution in [0.2, 0.25) is 0 Å². The van der Waals surface area contributed by atoms with Gasteiger partial charge in [-0.2, -0.15) is 10.1 Å². The van der Waals surface area contributed by atoms with E-state index in [-0.39, 0.29) is 41.2 Å². The number of allylic oxidation sites excluding steroid dienone is 2. The first-order chi connectivity index (χ1) is 14.9. The topological polar surface area (TPSA) is 106 Å². The minimum absolute atomic E-state index is 0.0237. The van der Waals surface area contributed by atoms with E-state index in [1.54, 1.807) is 18.2 Å². The summed E-state index contributed by atoms with van der Waals surface area (Å²) in [5.74, 6) is 1.19. The molecule has 2 saturated carbocycles. The van der Waals surface area contributed by atoms with Gasteiger partial charge >= 0.3 is 0 Å². The first kappa shape index (κ1) is 18.2. The zero-order valence-electron chi connectivity index (χ0n) is 16.7. The highest BCUT2D eigenvalue weighted by Crippen LogP contribution is 2.65. The van der Waals surface area contributed by atoms with Gasteiger partial charge in [0.15, 0.2) is 0 Å². The molecular formula is C23H19N3O5. The summed E-state index contributed by atoms with van der Waals surface area (Å²) in [5.41, 5.74) is 1.42. The number of nitro groups is 1. The minimum atomic E-state index is -0.454. The maximum absolute atomic E-state index is 13.0. The zero-order chi connectivity index (χ0) is 21.4. The van der Waals surface area contributed by atoms with E-state index < -0.39 is 4.92 Å². The molecule has 31 heavy (non-hydrogen) atoms. The molecule has 0 radical (unpaired) electrons. The first-order valence-corrected chi connectivity index (χ1v) is 10.4. The number of nitro benzene ring substituents is 1. The molecule has 1 saturated heterocycles. The van der Waals surface area contributed by atoms with Crippen LogP contribution in [0.15, 0.2) is 52.0 Å². The molecule has 8 heteroatoms. The third-order valence-corrected chi connectivity index (χ3v) is 7.26. The summed E-state index contributed by atoms with van der Waals surface area (Å²) in [7, 11) is 0. The molecule has 7 rings (SSSR count). The van der Waals surface area contributed by atoms with Gasteiger partial charge in [-0.25, -0.2) is 0 Å². The summed E-state index contributed by atoms with van der Waals surface area (Å²) >= 11 is 0. The van der Waals surface area contributed by atoms with Gasteiger partial charge < -0.3 is 4.42 Å². The number of non-ortho nitro benzene ring substituents is 1. The number of carbonyl (C=O) groups is 2. The van der Waals surface area contributed by atoms with Crippen LogP contribution in [-0.4, -0.2) is 28.0 Å². The Labute approximate surface area is 177 Å². The Kier molecular flexibility index (Phi) is 3.66. The van der Waals surface area contributed by atoms with Gasteiger partial charge in [0.2, 0.25) is 0 Å². The van der Waals surface area contributed by atoms with Crippen molar-refractivity contribution in [2.24, 2.45) is 40.6 Å². The molecule has 1 aromatic heterocycles. The molecule has 2 bridgehead atoms. The van der Waals surface area contributed by atoms with Gasteiger partial charge in [-0.1, -0.05) is 18.2 Å². The molecule has 3 fully saturated rings. The van der Waals surface area contributed by atoms with Crippen LogP contribution in [-0.2, 0) is 9.59 Å². The van der Waals surface area contributed by atoms with Crippen LogP contribution in [0, 0.1) is 52.5 Å². The van der Waals surface area contributed by atoms with Crippen molar-refractivity contribution in [3.8, 4) is 11.3 Å². The van der Waals surface area contributed by atoms with Crippen molar-refractivity contribution in [1.82, 2.24) is 5.01 Å². The third-order valence-electron chi connectivity index (χ3n) is 7.26. The summed E-state index contributed by atoms with van der Waals surface area (Å²) in [6.07, 6.45) is 6.72. The molecule has 8 nitrogen and oxygen atoms in total. The number of hydrazone groups is 1. The molecule has 0 N–H and O–H groups in total. The van der Waals surface area contributed by atoms with Gasteiger partial charge in [-0.15, -0.1) is 0 Å². The lowest BCUT2D eigenvalue weighted by Crippen LogP contribution is -2.40. The Bertz CT molecular complexity index is 1180. The quantitative estimate of drug-likeness (QED) is 0.249. The largest absolute Gasteiger partial charge is 0.455 e. The van der Waals surface area contributed by atoms with Crippen LogP contribution in [0.4, 0.5) is 5.69 Å². The van der Waals surface area contributed by atoms with E-state index in [4.69, 9.17) is 4.42 Å². The number of carbonyl (C=O) groups excluding carboxylic acids is 2. The number of imide groups is 1. The average molecular weight is 417 g/mol. The Hall–Kier alpha value is -3.55. The smallest absolute Gasteiger partial charge is 0.270 e. The lowest BCUT2D eigenvalue weighted by Gasteiger charge is -2.37. The van der Waals surface area contributed by atoms with Gasteiger partial charge in [0.05, 0.1) is 23.0 Å². The van der Waals surface area contributed by atoms with E-state index >= 15 is 0 Å². The van der Waals surface area contributed by atoms with Gasteiger partial charge in [0, 0.05) is 17.7 Å². The molecule has 1 aromatic carbocycles. The SMILES string of the molecule is Cc1ccc([N+](=O)[O-])cc1-c1ccc(/C=N\N2C(=O)[C@@H]3[C@@H]4C=C[C@H]([C@H]5C[C@H]45)[C@@H]3C2=O)o1. The van der Waals surface area contributed by atoms with Gasteiger partial charge in [-0.3, -0.25) is 19.7 Å². The van der Waals surface area contributed by atoms with E-state index in [2.05, 4.69) is 17.3 Å². The van der Waals surface area contributed by atoms with Crippen molar-refractivity contribution in [3.05, 3.63) is 63.9 Å². The summed E-state index contributed by atoms with van der Waals surface area (Å²) in [5, 5.41) is 16.3. The number of nitrogens with zero attached hydrogens (tertiary/aromatic N) is 3. The van der Waals surface area contributed by atoms with Gasteiger partial charge in [-0.05, 0) is 54.7 Å². The van der Waals surface area contributed by atoms with E-state index in [1.165, 1.54) is 18.3 Å². The van der Waals surface area contributed by atoms with Gasteiger partial charge in [0.25, 0.3) is 17.5 Å². The average Bonchev–Trinajstić information content (AvgIpc) is 3.40. The standard InChI is InChI=1S/C23H19N3O5/c1-11-2-3-12(26(29)30)8-16(11)19-7-4-13(31-19)10-24-25-22(27)20-14-5-6-15(18-9-17(14)18)21(20)23(25)28/h2-8,10,14-15,17-18,20-21H,9H2,1H3/b24-10-/t14-,15-,17-,18-,20-,21+/m1/s1. The fourth-order valence-corrected chi connectivity index (χ4v) is 5.73. The number of furan rings is 1. The van der Waals surface area contributed by atoms with Crippen molar-refractivity contribution < 1.29 is 18.9 Å². The lowest BCUT2D eigenvalue weighted by molar-refractivity contribution is -0.384. The normalized spacial score (nSPS) is 32.6. The monoisotopic (exact) mass is 417 g/mol. The number of aryl methyl sites for hydroxylation is 1. The maximum Gasteiger partial charge on any atom is 0.270 e. The second-order valence-corrected chi connectivity index (χ2v) is 8.85. The van der Waals surface area contributed by atoms with E-state index in [1.807, 2.05) is 6.92 Å². The molecule has 2 amide bonds. The van der Waals surface area contributed by atoms with Crippen LogP contribution in [0.5, 0.6) is 0 Å². The highest BCUT2D eigenvalue weighted by Gasteiger charge is 2.67. The van der Waals surface area contributed by atoms with E-state index in [0.717, 1.165) is 17.0 Å². The Morgan fingerprint density at radius 1 is 1.10 bits per heavy atom. The summed E-state index contributed by atoms with van der Waals surface area (Å²) in [6.45, 7) is 1.84. The van der Waals surface area contributed by atoms with E-state index in [0.29, 0.717) is 28.9 Å². The fraction of sp³-hybridized carbons (Fsp3) is 0.348. The van der Waals surface area contributed by atoms with Crippen molar-refractivity contribution in [1.29, 1.82) is 0 Å². The van der Waals surface area contributed by atoms with Crippen LogP contribution in [0.3, 0.4) is 0 Å². The van der Waals surface area contributed by atoms with Gasteiger partial charge in [0.1, 0.15) is 11.5 Å². The Morgan fingerprint density at radius 3 is 2.42 bits per heavy atom. The van der Waals surface area contributed by atoms with E-state index in [9.17, 15) is 19.7 Å². The highest BCUT2D eigenvalue weighted by molar-refractivity contribution is 6.06. The minimum Gasteiger partial charge on any atom is -0.455 e. The number of rotatable bonds is 4. The zero-order valence-corrected chi connectivity index (χ0v) is 16.7. The van der Waals surface area contributed by atoms with Crippen LogP contribution in [0.25, 0.3) is 11.3 Å². The molecule has 0 spiro atoms. The molecule has 0 unspecified atom stereocenters. The molecule has 6 atom stereocenters. The molecule has 5 aliphatic rings. The van der Waals surface area contributed by atoms with Crippen molar-refractivity contribution in [3.63, 3.8) is 0 Å². The maximum atomic E-state index is 13.0. The van der Waals surface area contributed by atoms with Crippen LogP contribution < -0.4 is 0 Å². The highest BCUT2D eigenvalue weighted by atomic mass is 16.6. The molecular weight excluding hydrogens is 398 g/mol. The second-order valence-electron chi connectivity index (χ2n) is 8.85. The molecule has 1 aliphatic heterocycles. The predicted octanol–water partition coefficient (Wildman–Crippen LogP) is 3.55. The third kappa shape index (κ3) is 2.57. The second kappa shape index (κ2) is 6.23. The predicted molar refractivity (Wildman–Crippen MR) is 110 cm³/mol. The number of benzene rings is 1. The van der Waals surface area contributed by atoms with Crippen molar-refractivity contribution in [2.45, 2.75) is 13.3 Å². The van der Waals surface area contributed by atoms with Crippen molar-refractivity contribution in [2.75, 3.05) is 0 Å².